The van der Waals surface area contributed by atoms with Crippen molar-refractivity contribution in [1.82, 2.24) is 10.6 Å². The van der Waals surface area contributed by atoms with Gasteiger partial charge in [-0.15, -0.1) is 0 Å². The zero-order valence-electron chi connectivity index (χ0n) is 18.1. The van der Waals surface area contributed by atoms with Crippen molar-refractivity contribution in [3.05, 3.63) is 57.8 Å². The minimum Gasteiger partial charge on any atom is -0.484 e. The molecule has 2 aromatic carbocycles. The van der Waals surface area contributed by atoms with E-state index in [1.807, 2.05) is 0 Å². The van der Waals surface area contributed by atoms with Gasteiger partial charge in [-0.05, 0) is 56.0 Å². The van der Waals surface area contributed by atoms with E-state index in [-0.39, 0.29) is 35.6 Å². The third kappa shape index (κ3) is 4.42. The minimum absolute atomic E-state index is 0.0174. The van der Waals surface area contributed by atoms with Gasteiger partial charge in [-0.3, -0.25) is 9.59 Å². The smallest absolute Gasteiger partial charge is 0.261 e. The van der Waals surface area contributed by atoms with Crippen LogP contribution in [0.3, 0.4) is 0 Å². The van der Waals surface area contributed by atoms with E-state index in [0.717, 1.165) is 18.9 Å². The molecule has 1 aliphatic heterocycles. The average Bonchev–Trinajstić information content (AvgIpc) is 3.29. The molecule has 3 N–H and O–H groups in total. The summed E-state index contributed by atoms with van der Waals surface area (Å²) in [5.74, 6) is -0.547. The van der Waals surface area contributed by atoms with Gasteiger partial charge in [0.25, 0.3) is 11.8 Å². The Hall–Kier alpha value is -2.55. The van der Waals surface area contributed by atoms with Gasteiger partial charge in [0.15, 0.2) is 12.7 Å². The molecular weight excluding hydrogens is 486 g/mol. The van der Waals surface area contributed by atoms with Gasteiger partial charge in [-0.2, -0.15) is 0 Å². The molecule has 180 valence electrons. The first-order valence-corrected chi connectivity index (χ1v) is 11.8. The Balaban J connectivity index is 1.13. The minimum atomic E-state index is -0.840. The molecule has 6 rings (SSSR count). The van der Waals surface area contributed by atoms with Crippen molar-refractivity contribution < 1.29 is 28.6 Å². The van der Waals surface area contributed by atoms with Gasteiger partial charge in [0.1, 0.15) is 17.3 Å². The second-order valence-corrected chi connectivity index (χ2v) is 10.2. The number of carbonyl (C=O) groups excluding carboxylic acids is 2. The molecule has 3 fully saturated rings. The predicted molar refractivity (Wildman–Crippen MR) is 123 cm³/mol. The number of aliphatic hydroxyl groups is 1. The number of carbonyl (C=O) groups is 2. The summed E-state index contributed by atoms with van der Waals surface area (Å²) in [5, 5.41) is 17.0. The lowest BCUT2D eigenvalue weighted by Crippen LogP contribution is -2.66. The molecule has 0 aromatic heterocycles. The van der Waals surface area contributed by atoms with Gasteiger partial charge in [-0.1, -0.05) is 23.2 Å². The summed E-state index contributed by atoms with van der Waals surface area (Å²) in [6.07, 6.45) is 1.15. The van der Waals surface area contributed by atoms with Gasteiger partial charge in [-0.25, -0.2) is 4.39 Å². The summed E-state index contributed by atoms with van der Waals surface area (Å²) in [4.78, 5) is 25.3. The van der Waals surface area contributed by atoms with Crippen molar-refractivity contribution >= 4 is 35.0 Å². The summed E-state index contributed by atoms with van der Waals surface area (Å²) in [6, 6.07) is 8.93. The molecule has 0 spiro atoms. The number of hydrogen-bond acceptors (Lipinski definition) is 5. The molecule has 2 amide bonds. The van der Waals surface area contributed by atoms with Crippen molar-refractivity contribution in [1.29, 1.82) is 0 Å². The maximum absolute atomic E-state index is 13.5. The number of aliphatic hydroxyl groups excluding tert-OH is 1. The fraction of sp³-hybridized carbons (Fsp3) is 0.417. The van der Waals surface area contributed by atoms with E-state index >= 15 is 0 Å². The molecule has 2 aromatic rings. The van der Waals surface area contributed by atoms with Crippen molar-refractivity contribution in [2.75, 3.05) is 6.61 Å². The lowest BCUT2D eigenvalue weighted by molar-refractivity contribution is -0.134. The van der Waals surface area contributed by atoms with E-state index in [4.69, 9.17) is 32.7 Å². The number of ether oxygens (including phenoxy) is 2. The Kier molecular flexibility index (Phi) is 5.86. The molecule has 0 radical (unpaired) electrons. The second kappa shape index (κ2) is 8.59. The van der Waals surface area contributed by atoms with Gasteiger partial charge >= 0.3 is 0 Å². The molecule has 34 heavy (non-hydrogen) atoms. The lowest BCUT2D eigenvalue weighted by Gasteiger charge is -2.48. The van der Waals surface area contributed by atoms with Gasteiger partial charge in [0.2, 0.25) is 0 Å². The van der Waals surface area contributed by atoms with Gasteiger partial charge in [0, 0.05) is 34.2 Å². The normalized spacial score (nSPS) is 28.8. The quantitative estimate of drug-likeness (QED) is 0.552. The van der Waals surface area contributed by atoms with E-state index in [1.54, 1.807) is 18.2 Å². The summed E-state index contributed by atoms with van der Waals surface area (Å²) < 4.78 is 24.7. The van der Waals surface area contributed by atoms with Crippen molar-refractivity contribution in [3.63, 3.8) is 0 Å². The largest absolute Gasteiger partial charge is 0.484 e. The van der Waals surface area contributed by atoms with Crippen LogP contribution in [0.1, 0.15) is 43.8 Å². The van der Waals surface area contributed by atoms with E-state index in [2.05, 4.69) is 10.6 Å². The topological polar surface area (TPSA) is 96.9 Å². The number of rotatable bonds is 6. The van der Waals surface area contributed by atoms with Crippen LogP contribution in [0, 0.1) is 5.82 Å². The SMILES string of the molecule is O=C(COc1ccc(Cl)c(F)c1)NC12CCC(NC(=O)C3CC(O)c4cc(Cl)ccc4O3)(C1)C2. The van der Waals surface area contributed by atoms with Crippen LogP contribution < -0.4 is 20.1 Å². The highest BCUT2D eigenvalue weighted by Crippen LogP contribution is 2.55. The highest BCUT2D eigenvalue weighted by molar-refractivity contribution is 6.31. The molecule has 2 bridgehead atoms. The number of halogens is 3. The summed E-state index contributed by atoms with van der Waals surface area (Å²) >= 11 is 11.6. The number of nitrogens with one attached hydrogen (secondary N) is 2. The zero-order valence-corrected chi connectivity index (χ0v) is 19.6. The molecule has 2 atom stereocenters. The Bertz CT molecular complexity index is 1150. The fourth-order valence-corrected chi connectivity index (χ4v) is 5.64. The standard InChI is InChI=1S/C24H23Cl2FN2O5/c25-13-1-4-19-15(7-13)18(30)9-20(34-19)22(32)29-24-6-5-23(11-24,12-24)28-21(31)10-33-14-2-3-16(26)17(27)8-14/h1-4,7-8,18,20,30H,5-6,9-12H2,(H,28,31)(H,29,32). The van der Waals surface area contributed by atoms with Crippen LogP contribution in [0.5, 0.6) is 11.5 Å². The van der Waals surface area contributed by atoms with Crippen LogP contribution in [0.25, 0.3) is 0 Å². The molecule has 3 aliphatic carbocycles. The predicted octanol–water partition coefficient (Wildman–Crippen LogP) is 3.69. The molecule has 10 heteroatoms. The van der Waals surface area contributed by atoms with E-state index in [9.17, 15) is 19.1 Å². The van der Waals surface area contributed by atoms with Gasteiger partial charge < -0.3 is 25.2 Å². The number of hydrogen-bond donors (Lipinski definition) is 3. The van der Waals surface area contributed by atoms with Crippen LogP contribution in [0.2, 0.25) is 10.0 Å². The molecule has 3 saturated carbocycles. The first-order valence-electron chi connectivity index (χ1n) is 11.0. The molecular formula is C24H23Cl2FN2O5. The van der Waals surface area contributed by atoms with E-state index in [1.165, 1.54) is 12.1 Å². The molecule has 2 unspecified atom stereocenters. The highest BCUT2D eigenvalue weighted by atomic mass is 35.5. The van der Waals surface area contributed by atoms with E-state index < -0.39 is 29.1 Å². The number of amides is 2. The van der Waals surface area contributed by atoms with Crippen LogP contribution in [-0.2, 0) is 9.59 Å². The van der Waals surface area contributed by atoms with Crippen LogP contribution in [0.15, 0.2) is 36.4 Å². The van der Waals surface area contributed by atoms with Crippen molar-refractivity contribution in [2.24, 2.45) is 0 Å². The monoisotopic (exact) mass is 508 g/mol. The maximum Gasteiger partial charge on any atom is 0.261 e. The molecule has 7 nitrogen and oxygen atoms in total. The van der Waals surface area contributed by atoms with Crippen molar-refractivity contribution in [2.45, 2.75) is 55.4 Å². The third-order valence-corrected chi connectivity index (χ3v) is 7.36. The first-order chi connectivity index (χ1) is 16.2. The van der Waals surface area contributed by atoms with Crippen molar-refractivity contribution in [3.8, 4) is 11.5 Å². The second-order valence-electron chi connectivity index (χ2n) is 9.36. The Morgan fingerprint density at radius 2 is 1.85 bits per heavy atom. The molecule has 4 aliphatic rings. The molecule has 1 heterocycles. The number of benzene rings is 2. The Labute approximate surface area is 205 Å². The fourth-order valence-electron chi connectivity index (χ4n) is 5.35. The summed E-state index contributed by atoms with van der Waals surface area (Å²) in [7, 11) is 0. The number of fused-ring (bicyclic) bond motifs is 2. The van der Waals surface area contributed by atoms with Crippen LogP contribution in [-0.4, -0.2) is 40.7 Å². The van der Waals surface area contributed by atoms with E-state index in [0.29, 0.717) is 29.2 Å². The average molecular weight is 509 g/mol. The summed E-state index contributed by atoms with van der Waals surface area (Å²) in [6.45, 7) is -0.251. The third-order valence-electron chi connectivity index (χ3n) is 6.82. The zero-order chi connectivity index (χ0) is 24.1. The Morgan fingerprint density at radius 1 is 1.12 bits per heavy atom. The highest BCUT2D eigenvalue weighted by Gasteiger charge is 2.62. The van der Waals surface area contributed by atoms with Crippen LogP contribution >= 0.6 is 23.2 Å². The summed E-state index contributed by atoms with van der Waals surface area (Å²) in [5.41, 5.74) is -0.224. The molecule has 0 saturated heterocycles. The first kappa shape index (κ1) is 23.2. The van der Waals surface area contributed by atoms with Crippen LogP contribution in [0.4, 0.5) is 4.39 Å². The lowest BCUT2D eigenvalue weighted by atomic mass is 9.71. The Morgan fingerprint density at radius 3 is 2.59 bits per heavy atom. The van der Waals surface area contributed by atoms with Gasteiger partial charge in [0.05, 0.1) is 11.1 Å². The maximum atomic E-state index is 13.5.